The number of carboxylic acid groups (broad SMARTS) is 2. The minimum Gasteiger partial charge on any atom is -0.504 e. The van der Waals surface area contributed by atoms with Gasteiger partial charge in [0.25, 0.3) is 17.7 Å². The zero-order chi connectivity index (χ0) is 40.7. The lowest BCUT2D eigenvalue weighted by molar-refractivity contribution is -0.157. The number of nitrogens with one attached hydrogen (secondary N) is 4. The second kappa shape index (κ2) is 15.2. The second-order valence-electron chi connectivity index (χ2n) is 13.0. The van der Waals surface area contributed by atoms with E-state index in [0.29, 0.717) is 16.6 Å². The van der Waals surface area contributed by atoms with Gasteiger partial charge in [-0.1, -0.05) is 11.2 Å². The molecular formula is C31H33N11O11S3. The van der Waals surface area contributed by atoms with Gasteiger partial charge < -0.3 is 41.2 Å². The zero-order valence-corrected chi connectivity index (χ0v) is 31.8. The van der Waals surface area contributed by atoms with Crippen LogP contribution in [0, 0.1) is 5.41 Å². The number of aromatic hydroxyl groups is 2. The molecule has 25 heteroatoms. The van der Waals surface area contributed by atoms with Crippen LogP contribution in [0.15, 0.2) is 56.9 Å². The Balaban J connectivity index is 1.10. The van der Waals surface area contributed by atoms with E-state index in [1.54, 1.807) is 13.0 Å². The fraction of sp³-hybridized carbons (Fsp3) is 0.323. The number of aromatic nitrogens is 1. The largest absolute Gasteiger partial charge is 0.504 e. The highest BCUT2D eigenvalue weighted by Gasteiger charge is 2.58. The normalized spacial score (nSPS) is 21.8. The smallest absolute Gasteiger partial charge is 0.427 e. The number of nitrogens with two attached hydrogens (primary N) is 1. The molecule has 4 aliphatic heterocycles. The van der Waals surface area contributed by atoms with Gasteiger partial charge in [-0.3, -0.25) is 34.8 Å². The quantitative estimate of drug-likeness (QED) is 0.0629. The zero-order valence-electron chi connectivity index (χ0n) is 29.4. The van der Waals surface area contributed by atoms with E-state index in [1.807, 2.05) is 0 Å². The Bertz CT molecular complexity index is 2160. The van der Waals surface area contributed by atoms with Crippen LogP contribution in [0.4, 0.5) is 9.93 Å². The molecule has 2 fully saturated rings. The van der Waals surface area contributed by atoms with Crippen LogP contribution in [0.2, 0.25) is 0 Å². The lowest BCUT2D eigenvalue weighted by Gasteiger charge is -2.53. The third-order valence-electron chi connectivity index (χ3n) is 8.55. The molecule has 6 rings (SSSR count). The Hall–Kier alpha value is -6.05. The van der Waals surface area contributed by atoms with Gasteiger partial charge in [0.05, 0.1) is 16.8 Å². The van der Waals surface area contributed by atoms with Crippen molar-refractivity contribution in [3.63, 3.8) is 0 Å². The number of anilines is 1. The van der Waals surface area contributed by atoms with Crippen LogP contribution in [0.5, 0.6) is 11.5 Å². The minimum absolute atomic E-state index is 0.00522. The highest BCUT2D eigenvalue weighted by molar-refractivity contribution is 8.03. The molecule has 1 aromatic heterocycles. The molecule has 3 atom stereocenters. The number of hydrogen-bond acceptors (Lipinski definition) is 18. The van der Waals surface area contributed by atoms with Crippen molar-refractivity contribution in [2.45, 2.75) is 37.8 Å². The number of phenolic OH excluding ortho intramolecular Hbond substituents is 2. The number of oxime groups is 1. The van der Waals surface area contributed by atoms with E-state index in [1.165, 1.54) is 47.5 Å². The summed E-state index contributed by atoms with van der Waals surface area (Å²) in [5.74, 6) is -5.40. The lowest BCUT2D eigenvalue weighted by atomic mass is 9.89. The number of benzene rings is 1. The minimum atomic E-state index is -1.83. The number of thiazole rings is 1. The Morgan fingerprint density at radius 2 is 1.95 bits per heavy atom. The van der Waals surface area contributed by atoms with Crippen LogP contribution >= 0.6 is 34.9 Å². The molecule has 2 unspecified atom stereocenters. The van der Waals surface area contributed by atoms with E-state index in [2.05, 4.69) is 36.8 Å². The molecule has 4 aliphatic rings. The van der Waals surface area contributed by atoms with E-state index in [9.17, 15) is 49.2 Å². The number of aliphatic carboxylic acids is 1. The molecule has 2 aromatic rings. The summed E-state index contributed by atoms with van der Waals surface area (Å²) in [7, 11) is 0. The number of nitrogen functional groups attached to an aromatic ring is 1. The Morgan fingerprint density at radius 1 is 1.20 bits per heavy atom. The van der Waals surface area contributed by atoms with E-state index in [4.69, 9.17) is 10.6 Å². The molecule has 0 radical (unpaired) electrons. The molecule has 22 nitrogen and oxygen atoms in total. The molecule has 296 valence electrons. The summed E-state index contributed by atoms with van der Waals surface area (Å²) in [4.78, 5) is 91.9. The average molecular weight is 832 g/mol. The van der Waals surface area contributed by atoms with Crippen molar-refractivity contribution in [2.24, 2.45) is 15.6 Å². The predicted octanol–water partition coefficient (Wildman–Crippen LogP) is 0.131. The first-order valence-corrected chi connectivity index (χ1v) is 19.1. The first-order chi connectivity index (χ1) is 26.4. The molecule has 56 heavy (non-hydrogen) atoms. The van der Waals surface area contributed by atoms with Crippen molar-refractivity contribution >= 4 is 87.1 Å². The fourth-order valence-electron chi connectivity index (χ4n) is 5.44. The van der Waals surface area contributed by atoms with Gasteiger partial charge in [-0.25, -0.2) is 19.8 Å². The number of aliphatic imine (C=N–C) groups is 1. The molecule has 5 heterocycles. The molecule has 0 aliphatic carbocycles. The number of rotatable bonds is 11. The van der Waals surface area contributed by atoms with Crippen molar-refractivity contribution < 1.29 is 54.0 Å². The third kappa shape index (κ3) is 7.73. The van der Waals surface area contributed by atoms with E-state index in [0.717, 1.165) is 45.9 Å². The number of hydrogen-bond donors (Lipinski definition) is 9. The molecule has 10 N–H and O–H groups in total. The number of thioether (sulfide) groups is 2. The van der Waals surface area contributed by atoms with Crippen LogP contribution in [-0.4, -0.2) is 123 Å². The van der Waals surface area contributed by atoms with Crippen molar-refractivity contribution in [3.05, 3.63) is 58.0 Å². The summed E-state index contributed by atoms with van der Waals surface area (Å²) in [5.41, 5.74) is 9.15. The van der Waals surface area contributed by atoms with Gasteiger partial charge in [0.1, 0.15) is 22.5 Å². The van der Waals surface area contributed by atoms with Crippen LogP contribution in [0.3, 0.4) is 0 Å². The number of carbonyl (C=O) groups is 6. The monoisotopic (exact) mass is 831 g/mol. The number of amides is 5. The summed E-state index contributed by atoms with van der Waals surface area (Å²) in [5, 5.41) is 49.4. The summed E-state index contributed by atoms with van der Waals surface area (Å²) < 4.78 is 0. The third-order valence-corrected chi connectivity index (χ3v) is 12.1. The molecular weight excluding hydrogens is 799 g/mol. The first-order valence-electron chi connectivity index (χ1n) is 16.2. The van der Waals surface area contributed by atoms with Gasteiger partial charge in [-0.05, 0) is 39.0 Å². The van der Waals surface area contributed by atoms with Crippen molar-refractivity contribution in [3.8, 4) is 11.5 Å². The summed E-state index contributed by atoms with van der Waals surface area (Å²) in [6, 6.07) is 2.59. The summed E-state index contributed by atoms with van der Waals surface area (Å²) in [6.07, 6.45) is 1.68. The topological polar surface area (TPSA) is 314 Å². The number of carboxylic acids is 1. The van der Waals surface area contributed by atoms with Crippen LogP contribution < -0.4 is 27.4 Å². The number of hydrazine groups is 3. The number of fused-ring (bicyclic) bond motifs is 2. The van der Waals surface area contributed by atoms with Gasteiger partial charge in [0.2, 0.25) is 11.5 Å². The van der Waals surface area contributed by atoms with Crippen molar-refractivity contribution in [1.82, 2.24) is 41.6 Å². The van der Waals surface area contributed by atoms with Crippen LogP contribution in [0.25, 0.3) is 0 Å². The molecule has 1 aromatic carbocycles. The standard InChI is InChI=1S/C31H33N11O11S3/c1-13-7-18(42-17(33-13)8-41(39-42)29(51)52)55-11-31(27(49)50)10-40-24(47)20(25(40)56-12-31)35-23(46)19(15-9-54-28(32)34-15)38-53-30(2,3)26(48)37-36-22(45)14-5-4-6-16(43)21(14)44/h4-9,20,25,39,43-44H,10-12H2,1-3H3,(H2,32,34)(H,35,46)(H,36,45)(H,37,48)(H,49,50)(H,51,52)/t20?,25-,31?/m1/s1. The molecule has 2 saturated heterocycles. The number of phenols is 2. The Morgan fingerprint density at radius 3 is 2.62 bits per heavy atom. The maximum Gasteiger partial charge on any atom is 0.427 e. The van der Waals surface area contributed by atoms with Gasteiger partial charge in [0, 0.05) is 29.1 Å². The van der Waals surface area contributed by atoms with E-state index < -0.39 is 75.3 Å². The van der Waals surface area contributed by atoms with E-state index >= 15 is 0 Å². The number of nitrogens with zero attached hydrogens (tertiary/aromatic N) is 6. The fourth-order valence-corrected chi connectivity index (χ4v) is 8.92. The number of para-hydroxylation sites is 1. The van der Waals surface area contributed by atoms with Gasteiger partial charge in [-0.2, -0.15) is 5.01 Å². The van der Waals surface area contributed by atoms with Crippen molar-refractivity contribution in [1.29, 1.82) is 0 Å². The summed E-state index contributed by atoms with van der Waals surface area (Å²) >= 11 is 3.29. The maximum absolute atomic E-state index is 13.6. The van der Waals surface area contributed by atoms with Crippen LogP contribution in [0.1, 0.15) is 36.8 Å². The molecule has 5 amide bonds. The van der Waals surface area contributed by atoms with E-state index in [-0.39, 0.29) is 34.4 Å². The average Bonchev–Trinajstić information content (AvgIpc) is 3.79. The predicted molar refractivity (Wildman–Crippen MR) is 200 cm³/mol. The summed E-state index contributed by atoms with van der Waals surface area (Å²) in [6.45, 7) is 4.08. The van der Waals surface area contributed by atoms with Crippen LogP contribution in [-0.2, 0) is 24.0 Å². The molecule has 0 spiro atoms. The number of carbonyl (C=O) groups excluding carboxylic acids is 4. The van der Waals surface area contributed by atoms with Gasteiger partial charge in [-0.15, -0.1) is 40.4 Å². The first kappa shape index (κ1) is 39.6. The molecule has 0 saturated carbocycles. The number of β-lactam (4-membered cyclic amide) rings is 1. The Kier molecular flexibility index (Phi) is 10.8. The molecule has 0 bridgehead atoms. The Labute approximate surface area is 328 Å². The highest BCUT2D eigenvalue weighted by Crippen LogP contribution is 2.45. The second-order valence-corrected chi connectivity index (χ2v) is 16.0. The van der Waals surface area contributed by atoms with Crippen molar-refractivity contribution in [2.75, 3.05) is 23.8 Å². The van der Waals surface area contributed by atoms with Gasteiger partial charge in [0.15, 0.2) is 28.2 Å². The highest BCUT2D eigenvalue weighted by atomic mass is 32.2. The maximum atomic E-state index is 13.6. The number of allylic oxidation sites excluding steroid dienone is 1. The SMILES string of the molecule is CC1=NC2=CN(C(=O)O)NN2C(SCC2(C(=O)O)CS[C@@H]3C(NC(=O)C(=NOC(C)(C)C(=O)NNC(=O)c4cccc(O)c4O)c4csc(N)n4)C(=O)N3C2)=C1. The lowest BCUT2D eigenvalue weighted by Crippen LogP contribution is -2.74. The van der Waals surface area contributed by atoms with Gasteiger partial charge >= 0.3 is 12.1 Å².